The number of benzene rings is 2. The largest absolute Gasteiger partial charge is 0.478 e. The second kappa shape index (κ2) is 11.8. The molecule has 0 N–H and O–H groups in total. The van der Waals surface area contributed by atoms with E-state index in [0.29, 0.717) is 33.5 Å². The zero-order chi connectivity index (χ0) is 27.4. The summed E-state index contributed by atoms with van der Waals surface area (Å²) >= 11 is 4.74. The highest BCUT2D eigenvalue weighted by Crippen LogP contribution is 2.34. The molecule has 1 heterocycles. The van der Waals surface area contributed by atoms with Crippen molar-refractivity contribution in [2.45, 2.75) is 64.8 Å². The fourth-order valence-electron chi connectivity index (χ4n) is 3.46. The average Bonchev–Trinajstić information content (AvgIpc) is 3.31. The van der Waals surface area contributed by atoms with Crippen molar-refractivity contribution in [3.63, 3.8) is 0 Å². The number of hydrogen-bond acceptors (Lipinski definition) is 5. The molecular formula is C28H28BrF3O4S. The Balaban J connectivity index is 1.60. The van der Waals surface area contributed by atoms with Gasteiger partial charge in [-0.2, -0.15) is 13.2 Å². The molecule has 0 aliphatic heterocycles. The van der Waals surface area contributed by atoms with Crippen LogP contribution < -0.4 is 4.74 Å². The summed E-state index contributed by atoms with van der Waals surface area (Å²) in [7, 11) is 0. The summed E-state index contributed by atoms with van der Waals surface area (Å²) in [4.78, 5) is 26.4. The zero-order valence-electron chi connectivity index (χ0n) is 20.9. The van der Waals surface area contributed by atoms with Crippen LogP contribution in [0.15, 0.2) is 59.1 Å². The Bertz CT molecular complexity index is 1240. The number of thiophene rings is 1. The van der Waals surface area contributed by atoms with Crippen LogP contribution in [-0.4, -0.2) is 23.5 Å². The number of Topliss-reactive ketones (excluding diaryl/α,β-unsaturated/α-hetero) is 1. The van der Waals surface area contributed by atoms with Crippen LogP contribution in [0.1, 0.15) is 61.3 Å². The van der Waals surface area contributed by atoms with Gasteiger partial charge in [0, 0.05) is 11.3 Å². The zero-order valence-corrected chi connectivity index (χ0v) is 23.4. The Morgan fingerprint density at radius 2 is 1.68 bits per heavy atom. The Morgan fingerprint density at radius 3 is 2.24 bits per heavy atom. The molecule has 9 heteroatoms. The van der Waals surface area contributed by atoms with Gasteiger partial charge >= 0.3 is 12.1 Å². The second-order valence-electron chi connectivity index (χ2n) is 9.48. The van der Waals surface area contributed by atoms with E-state index in [2.05, 4.69) is 15.9 Å². The molecule has 1 aromatic heterocycles. The molecule has 0 aliphatic carbocycles. The lowest BCUT2D eigenvalue weighted by molar-refractivity contribution is -0.163. The van der Waals surface area contributed by atoms with Gasteiger partial charge in [-0.15, -0.1) is 11.3 Å². The minimum atomic E-state index is -4.38. The van der Waals surface area contributed by atoms with Crippen LogP contribution in [0.4, 0.5) is 13.2 Å². The standard InChI is InChI=1S/C28H28BrF3O4S/c1-5-22(26(34)36-27(2,3)4)35-23-13-7-17(16-20(23)29)6-12-21(33)25-15-14-24(37-25)18-8-10-19(11-9-18)28(30,31)32/h7-11,13-16,22H,5-6,12H2,1-4H3. The lowest BCUT2D eigenvalue weighted by atomic mass is 10.1. The lowest BCUT2D eigenvalue weighted by Gasteiger charge is -2.24. The van der Waals surface area contributed by atoms with Gasteiger partial charge in [0.15, 0.2) is 11.9 Å². The number of carbonyl (C=O) groups excluding carboxylic acids is 2. The van der Waals surface area contributed by atoms with E-state index in [1.807, 2.05) is 19.1 Å². The summed E-state index contributed by atoms with van der Waals surface area (Å²) in [5, 5.41) is 0. The van der Waals surface area contributed by atoms with Crippen LogP contribution in [0.3, 0.4) is 0 Å². The molecule has 0 fully saturated rings. The number of ether oxygens (including phenoxy) is 2. The number of hydrogen-bond donors (Lipinski definition) is 0. The monoisotopic (exact) mass is 596 g/mol. The molecule has 3 aromatic rings. The van der Waals surface area contributed by atoms with Crippen LogP contribution in [0.5, 0.6) is 5.75 Å². The Hall–Kier alpha value is -2.65. The van der Waals surface area contributed by atoms with Crippen molar-refractivity contribution in [3.8, 4) is 16.2 Å². The van der Waals surface area contributed by atoms with Gasteiger partial charge < -0.3 is 9.47 Å². The summed E-state index contributed by atoms with van der Waals surface area (Å²) in [6, 6.07) is 13.8. The molecule has 198 valence electrons. The normalized spacial score (nSPS) is 12.8. The second-order valence-corrected chi connectivity index (χ2v) is 11.4. The van der Waals surface area contributed by atoms with Crippen molar-refractivity contribution in [2.75, 3.05) is 0 Å². The van der Waals surface area contributed by atoms with E-state index >= 15 is 0 Å². The molecule has 0 saturated heterocycles. The maximum Gasteiger partial charge on any atom is 0.416 e. The number of aryl methyl sites for hydroxylation is 1. The van der Waals surface area contributed by atoms with E-state index in [9.17, 15) is 22.8 Å². The first kappa shape index (κ1) is 28.9. The first-order valence-corrected chi connectivity index (χ1v) is 13.4. The van der Waals surface area contributed by atoms with E-state index in [1.165, 1.54) is 23.5 Å². The Morgan fingerprint density at radius 1 is 1.00 bits per heavy atom. The molecule has 4 nitrogen and oxygen atoms in total. The smallest absolute Gasteiger partial charge is 0.416 e. The average molecular weight is 597 g/mol. The number of rotatable bonds is 9. The molecule has 0 spiro atoms. The van der Waals surface area contributed by atoms with Crippen LogP contribution in [-0.2, 0) is 22.1 Å². The van der Waals surface area contributed by atoms with Crippen molar-refractivity contribution in [1.29, 1.82) is 0 Å². The van der Waals surface area contributed by atoms with Crippen molar-refractivity contribution in [3.05, 3.63) is 75.1 Å². The van der Waals surface area contributed by atoms with Gasteiger partial charge in [0.05, 0.1) is 14.9 Å². The van der Waals surface area contributed by atoms with E-state index in [4.69, 9.17) is 9.47 Å². The quantitative estimate of drug-likeness (QED) is 0.183. The van der Waals surface area contributed by atoms with E-state index in [-0.39, 0.29) is 12.2 Å². The molecular weight excluding hydrogens is 569 g/mol. The molecule has 0 radical (unpaired) electrons. The van der Waals surface area contributed by atoms with Crippen LogP contribution in [0, 0.1) is 0 Å². The third-order valence-electron chi connectivity index (χ3n) is 5.32. The summed E-state index contributed by atoms with van der Waals surface area (Å²) in [5.74, 6) is 0.0333. The third-order valence-corrected chi connectivity index (χ3v) is 7.12. The summed E-state index contributed by atoms with van der Waals surface area (Å²) in [6.45, 7) is 7.25. The molecule has 1 atom stereocenters. The molecule has 0 amide bonds. The van der Waals surface area contributed by atoms with Gasteiger partial charge in [-0.1, -0.05) is 25.1 Å². The van der Waals surface area contributed by atoms with E-state index < -0.39 is 29.4 Å². The molecule has 37 heavy (non-hydrogen) atoms. The molecule has 2 aromatic carbocycles. The number of halogens is 4. The summed E-state index contributed by atoms with van der Waals surface area (Å²) < 4.78 is 50.3. The third kappa shape index (κ3) is 8.17. The summed E-state index contributed by atoms with van der Waals surface area (Å²) in [5.41, 5.74) is 0.232. The molecule has 0 bridgehead atoms. The minimum Gasteiger partial charge on any atom is -0.478 e. The van der Waals surface area contributed by atoms with Crippen LogP contribution in [0.25, 0.3) is 10.4 Å². The minimum absolute atomic E-state index is 0.0458. The number of ketones is 1. The molecule has 3 rings (SSSR count). The van der Waals surface area contributed by atoms with Crippen LogP contribution in [0.2, 0.25) is 0 Å². The van der Waals surface area contributed by atoms with Gasteiger partial charge in [-0.25, -0.2) is 4.79 Å². The highest BCUT2D eigenvalue weighted by molar-refractivity contribution is 9.10. The first-order chi connectivity index (χ1) is 17.3. The SMILES string of the molecule is CCC(Oc1ccc(CCC(=O)c2ccc(-c3ccc(C(F)(F)F)cc3)s2)cc1Br)C(=O)OC(C)(C)C. The number of esters is 1. The van der Waals surface area contributed by atoms with Gasteiger partial charge in [0.1, 0.15) is 11.4 Å². The first-order valence-electron chi connectivity index (χ1n) is 11.8. The Labute approximate surface area is 226 Å². The van der Waals surface area contributed by atoms with Gasteiger partial charge in [-0.05, 0) is 97.1 Å². The predicted molar refractivity (Wildman–Crippen MR) is 142 cm³/mol. The number of alkyl halides is 3. The van der Waals surface area contributed by atoms with Crippen molar-refractivity contribution < 1.29 is 32.2 Å². The topological polar surface area (TPSA) is 52.6 Å². The lowest BCUT2D eigenvalue weighted by Crippen LogP contribution is -2.35. The van der Waals surface area contributed by atoms with Gasteiger partial charge in [-0.3, -0.25) is 4.79 Å². The number of carbonyl (C=O) groups is 2. The van der Waals surface area contributed by atoms with E-state index in [0.717, 1.165) is 22.6 Å². The molecule has 0 saturated carbocycles. The van der Waals surface area contributed by atoms with Gasteiger partial charge in [0.2, 0.25) is 0 Å². The maximum absolute atomic E-state index is 12.8. The molecule has 1 unspecified atom stereocenters. The van der Waals surface area contributed by atoms with Gasteiger partial charge in [0.25, 0.3) is 0 Å². The molecule has 0 aliphatic rings. The van der Waals surface area contributed by atoms with Crippen LogP contribution >= 0.6 is 27.3 Å². The van der Waals surface area contributed by atoms with Crippen molar-refractivity contribution >= 4 is 39.0 Å². The van der Waals surface area contributed by atoms with Crippen molar-refractivity contribution in [2.24, 2.45) is 0 Å². The van der Waals surface area contributed by atoms with Crippen molar-refractivity contribution in [1.82, 2.24) is 0 Å². The highest BCUT2D eigenvalue weighted by atomic mass is 79.9. The highest BCUT2D eigenvalue weighted by Gasteiger charge is 2.30. The Kier molecular flexibility index (Phi) is 9.23. The predicted octanol–water partition coefficient (Wildman–Crippen LogP) is 8.51. The van der Waals surface area contributed by atoms with E-state index in [1.54, 1.807) is 39.0 Å². The summed E-state index contributed by atoms with van der Waals surface area (Å²) in [6.07, 6.45) is -3.90. The fraction of sp³-hybridized carbons (Fsp3) is 0.357. The maximum atomic E-state index is 12.8. The fourth-order valence-corrected chi connectivity index (χ4v) is 4.96.